The van der Waals surface area contributed by atoms with Crippen LogP contribution in [0.4, 0.5) is 5.69 Å². The van der Waals surface area contributed by atoms with Crippen molar-refractivity contribution in [2.24, 2.45) is 5.92 Å². The van der Waals surface area contributed by atoms with E-state index in [1.165, 1.54) is 23.5 Å². The Kier molecular flexibility index (Phi) is 6.39. The smallest absolute Gasteiger partial charge is 0.310 e. The molecule has 2 heterocycles. The minimum Gasteiger partial charge on any atom is -0.495 e. The van der Waals surface area contributed by atoms with Crippen molar-refractivity contribution in [1.29, 1.82) is 0 Å². The van der Waals surface area contributed by atoms with Crippen LogP contribution in [0.1, 0.15) is 26.2 Å². The number of carbonyl (C=O) groups is 2. The highest BCUT2D eigenvalue weighted by atomic mass is 32.2. The van der Waals surface area contributed by atoms with Crippen LogP contribution in [0.25, 0.3) is 0 Å². The number of methoxy groups -OCH3 is 1. The zero-order valence-electron chi connectivity index (χ0n) is 16.7. The van der Waals surface area contributed by atoms with Crippen LogP contribution in [0.2, 0.25) is 0 Å². The summed E-state index contributed by atoms with van der Waals surface area (Å²) in [6.45, 7) is 2.04. The van der Waals surface area contributed by atoms with Crippen molar-refractivity contribution in [2.45, 2.75) is 31.1 Å². The first-order valence-corrected chi connectivity index (χ1v) is 12.6. The number of anilines is 1. The lowest BCUT2D eigenvalue weighted by Gasteiger charge is -2.31. The first kappa shape index (κ1) is 22.5. The zero-order valence-corrected chi connectivity index (χ0v) is 18.4. The van der Waals surface area contributed by atoms with Crippen LogP contribution in [0.5, 0.6) is 5.75 Å². The molecular weight excluding hydrogens is 436 g/mol. The maximum absolute atomic E-state index is 13.3. The van der Waals surface area contributed by atoms with E-state index in [4.69, 9.17) is 9.47 Å². The minimum absolute atomic E-state index is 0.0149. The van der Waals surface area contributed by atoms with Gasteiger partial charge in [-0.25, -0.2) is 21.1 Å². The molecule has 0 N–H and O–H groups in total. The van der Waals surface area contributed by atoms with Gasteiger partial charge in [0.1, 0.15) is 10.6 Å². The van der Waals surface area contributed by atoms with Crippen molar-refractivity contribution in [2.75, 3.05) is 36.9 Å². The number of hydrogen-bond donors (Lipinski definition) is 0. The lowest BCUT2D eigenvalue weighted by Crippen LogP contribution is -2.42. The second-order valence-electron chi connectivity index (χ2n) is 7.01. The standard InChI is InChI=1S/C18H24N2O8S2/c1-3-28-18(22)13-5-4-9-19(12-13)30(25,26)16-11-14(6-7-15(16)27-2)20-17(21)8-10-29(20,23)24/h6-7,11,13H,3-5,8-10,12H2,1-2H3/t13-/m0/s1. The van der Waals surface area contributed by atoms with E-state index in [2.05, 4.69) is 0 Å². The number of rotatable bonds is 6. The Morgan fingerprint density at radius 3 is 2.63 bits per heavy atom. The molecule has 2 aliphatic heterocycles. The fourth-order valence-corrected chi connectivity index (χ4v) is 6.77. The number of carbonyl (C=O) groups excluding carboxylic acids is 2. The Morgan fingerprint density at radius 2 is 2.03 bits per heavy atom. The molecule has 2 fully saturated rings. The van der Waals surface area contributed by atoms with Crippen molar-refractivity contribution in [3.05, 3.63) is 18.2 Å². The van der Waals surface area contributed by atoms with E-state index in [-0.39, 0.29) is 48.2 Å². The molecule has 0 saturated carbocycles. The molecule has 0 aliphatic carbocycles. The molecule has 3 rings (SSSR count). The van der Waals surface area contributed by atoms with Gasteiger partial charge >= 0.3 is 5.97 Å². The lowest BCUT2D eigenvalue weighted by atomic mass is 10.0. The number of nitrogens with zero attached hydrogens (tertiary/aromatic N) is 2. The van der Waals surface area contributed by atoms with Gasteiger partial charge in [0.15, 0.2) is 0 Å². The topological polar surface area (TPSA) is 127 Å². The maximum Gasteiger partial charge on any atom is 0.310 e. The van der Waals surface area contributed by atoms with Crippen molar-refractivity contribution < 1.29 is 35.9 Å². The summed E-state index contributed by atoms with van der Waals surface area (Å²) < 4.78 is 63.1. The van der Waals surface area contributed by atoms with Crippen molar-refractivity contribution in [1.82, 2.24) is 4.31 Å². The van der Waals surface area contributed by atoms with E-state index in [1.807, 2.05) is 0 Å². The molecule has 0 radical (unpaired) electrons. The molecule has 12 heteroatoms. The van der Waals surface area contributed by atoms with Gasteiger partial charge in [-0.05, 0) is 38.0 Å². The van der Waals surface area contributed by atoms with Gasteiger partial charge in [0.2, 0.25) is 26.0 Å². The summed E-state index contributed by atoms with van der Waals surface area (Å²) in [6, 6.07) is 3.77. The summed E-state index contributed by atoms with van der Waals surface area (Å²) in [4.78, 5) is 23.9. The third kappa shape index (κ3) is 4.16. The molecule has 2 aliphatic rings. The van der Waals surface area contributed by atoms with Gasteiger partial charge < -0.3 is 9.47 Å². The summed E-state index contributed by atoms with van der Waals surface area (Å²) in [5.41, 5.74) is -0.0594. The molecule has 166 valence electrons. The van der Waals surface area contributed by atoms with Crippen LogP contribution in [-0.2, 0) is 34.4 Å². The van der Waals surface area contributed by atoms with Gasteiger partial charge in [-0.2, -0.15) is 4.31 Å². The summed E-state index contributed by atoms with van der Waals surface area (Å²) in [7, 11) is -6.68. The van der Waals surface area contributed by atoms with E-state index < -0.39 is 37.8 Å². The number of esters is 1. The summed E-state index contributed by atoms with van der Waals surface area (Å²) in [5.74, 6) is -1.97. The van der Waals surface area contributed by atoms with E-state index >= 15 is 0 Å². The number of benzene rings is 1. The van der Waals surface area contributed by atoms with E-state index in [0.29, 0.717) is 17.1 Å². The van der Waals surface area contributed by atoms with Crippen LogP contribution in [0, 0.1) is 5.92 Å². The van der Waals surface area contributed by atoms with E-state index in [0.717, 1.165) is 6.07 Å². The van der Waals surface area contributed by atoms with Crippen LogP contribution in [0.3, 0.4) is 0 Å². The zero-order chi connectivity index (χ0) is 22.1. The second-order valence-corrected chi connectivity index (χ2v) is 10.9. The average Bonchev–Trinajstić information content (AvgIpc) is 3.00. The Bertz CT molecular complexity index is 1050. The normalized spacial score (nSPS) is 22.1. The Morgan fingerprint density at radius 1 is 1.30 bits per heavy atom. The SMILES string of the molecule is CCOC(=O)[C@H]1CCCN(S(=O)(=O)c2cc(N3C(=O)CCS3(=O)=O)ccc2OC)C1. The van der Waals surface area contributed by atoms with Gasteiger partial charge in [0.05, 0.1) is 31.1 Å². The molecule has 0 bridgehead atoms. The highest BCUT2D eigenvalue weighted by molar-refractivity contribution is 7.94. The minimum atomic E-state index is -4.13. The van der Waals surface area contributed by atoms with E-state index in [1.54, 1.807) is 6.92 Å². The molecule has 30 heavy (non-hydrogen) atoms. The van der Waals surface area contributed by atoms with Gasteiger partial charge in [0.25, 0.3) is 0 Å². The molecule has 1 aromatic carbocycles. The number of hydrogen-bond acceptors (Lipinski definition) is 8. The highest BCUT2D eigenvalue weighted by Gasteiger charge is 2.39. The average molecular weight is 461 g/mol. The quantitative estimate of drug-likeness (QED) is 0.569. The second kappa shape index (κ2) is 8.52. The van der Waals surface area contributed by atoms with Crippen molar-refractivity contribution in [3.63, 3.8) is 0 Å². The predicted molar refractivity (Wildman–Crippen MR) is 107 cm³/mol. The van der Waals surface area contributed by atoms with Crippen LogP contribution >= 0.6 is 0 Å². The Hall–Kier alpha value is -2.18. The molecule has 2 saturated heterocycles. The van der Waals surface area contributed by atoms with Gasteiger partial charge in [-0.15, -0.1) is 0 Å². The molecule has 1 amide bonds. The number of ether oxygens (including phenoxy) is 2. The highest BCUT2D eigenvalue weighted by Crippen LogP contribution is 2.35. The van der Waals surface area contributed by atoms with Crippen molar-refractivity contribution >= 4 is 37.6 Å². The van der Waals surface area contributed by atoms with E-state index in [9.17, 15) is 26.4 Å². The summed E-state index contributed by atoms with van der Waals surface area (Å²) in [5, 5.41) is 0. The number of piperidine rings is 1. The van der Waals surface area contributed by atoms with Crippen LogP contribution < -0.4 is 9.04 Å². The monoisotopic (exact) mass is 460 g/mol. The number of amides is 1. The fraction of sp³-hybridized carbons (Fsp3) is 0.556. The summed E-state index contributed by atoms with van der Waals surface area (Å²) >= 11 is 0. The van der Waals surface area contributed by atoms with Crippen molar-refractivity contribution in [3.8, 4) is 5.75 Å². The molecule has 0 unspecified atom stereocenters. The van der Waals surface area contributed by atoms with Crippen LogP contribution in [0.15, 0.2) is 23.1 Å². The Labute approximate surface area is 175 Å². The maximum atomic E-state index is 13.3. The van der Waals surface area contributed by atoms with Crippen LogP contribution in [-0.4, -0.2) is 65.6 Å². The first-order valence-electron chi connectivity index (χ1n) is 9.52. The number of sulfonamides is 2. The first-order chi connectivity index (χ1) is 14.1. The van der Waals surface area contributed by atoms with Gasteiger partial charge in [-0.3, -0.25) is 9.59 Å². The molecule has 0 aromatic heterocycles. The molecule has 1 atom stereocenters. The van der Waals surface area contributed by atoms with Gasteiger partial charge in [-0.1, -0.05) is 0 Å². The fourth-order valence-electron chi connectivity index (χ4n) is 3.61. The molecule has 10 nitrogen and oxygen atoms in total. The molecular formula is C18H24N2O8S2. The molecule has 1 aromatic rings. The Balaban J connectivity index is 1.99. The summed E-state index contributed by atoms with van der Waals surface area (Å²) in [6.07, 6.45) is 0.829. The van der Waals surface area contributed by atoms with Gasteiger partial charge in [0, 0.05) is 19.5 Å². The largest absolute Gasteiger partial charge is 0.495 e. The molecule has 0 spiro atoms. The lowest BCUT2D eigenvalue weighted by molar-refractivity contribution is -0.149. The predicted octanol–water partition coefficient (Wildman–Crippen LogP) is 0.726. The third-order valence-corrected chi connectivity index (χ3v) is 8.66. The third-order valence-electron chi connectivity index (χ3n) is 5.08.